The summed E-state index contributed by atoms with van der Waals surface area (Å²) >= 11 is 0. The molecule has 0 atom stereocenters. The van der Waals surface area contributed by atoms with Crippen LogP contribution in [0.5, 0.6) is 0 Å². The molecule has 22 heavy (non-hydrogen) atoms. The van der Waals surface area contributed by atoms with Crippen LogP contribution in [-0.2, 0) is 24.0 Å². The van der Waals surface area contributed by atoms with Gasteiger partial charge in [0.2, 0.25) is 0 Å². The van der Waals surface area contributed by atoms with E-state index in [0.29, 0.717) is 0 Å². The van der Waals surface area contributed by atoms with Gasteiger partial charge in [-0.25, -0.2) is 4.98 Å². The standard InChI is InChI=1S/C17H22N3O2/c1-3-16-13(2)19-17(22-16)5-4-14-12-15(6-7-18-14)20-8-10-21-11-9-20/h6,12H,3-5,8-11H2,1-2H3. The average Bonchev–Trinajstić information content (AvgIpc) is 2.94. The number of aryl methyl sites for hydroxylation is 4. The zero-order valence-electron chi connectivity index (χ0n) is 13.3. The fourth-order valence-corrected chi connectivity index (χ4v) is 2.72. The summed E-state index contributed by atoms with van der Waals surface area (Å²) < 4.78 is 11.1. The number of hydrogen-bond donors (Lipinski definition) is 0. The Hall–Kier alpha value is -1.88. The third-order valence-corrected chi connectivity index (χ3v) is 3.96. The van der Waals surface area contributed by atoms with Crippen LogP contribution in [0.4, 0.5) is 5.69 Å². The molecular weight excluding hydrogens is 278 g/mol. The number of anilines is 1. The predicted octanol–water partition coefficient (Wildman–Crippen LogP) is 2.36. The van der Waals surface area contributed by atoms with Crippen molar-refractivity contribution in [2.24, 2.45) is 0 Å². The van der Waals surface area contributed by atoms with E-state index in [4.69, 9.17) is 9.15 Å². The SMILES string of the molecule is CCc1oc(CCc2cc(N3CCOCC3)c[c]n2)nc1C. The highest BCUT2D eigenvalue weighted by Gasteiger charge is 2.13. The Bertz CT molecular complexity index is 618. The van der Waals surface area contributed by atoms with Crippen LogP contribution in [-0.4, -0.2) is 36.3 Å². The lowest BCUT2D eigenvalue weighted by Crippen LogP contribution is -2.36. The molecule has 2 aromatic rings. The molecule has 0 bridgehead atoms. The summed E-state index contributed by atoms with van der Waals surface area (Å²) in [4.78, 5) is 11.1. The number of rotatable bonds is 5. The number of aromatic nitrogens is 2. The summed E-state index contributed by atoms with van der Waals surface area (Å²) in [6.45, 7) is 7.50. The van der Waals surface area contributed by atoms with E-state index in [1.165, 1.54) is 5.69 Å². The van der Waals surface area contributed by atoms with Gasteiger partial charge >= 0.3 is 0 Å². The van der Waals surface area contributed by atoms with Gasteiger partial charge in [-0.2, -0.15) is 0 Å². The first-order valence-electron chi connectivity index (χ1n) is 7.91. The fourth-order valence-electron chi connectivity index (χ4n) is 2.72. The predicted molar refractivity (Wildman–Crippen MR) is 84.1 cm³/mol. The van der Waals surface area contributed by atoms with Gasteiger partial charge in [0.25, 0.3) is 0 Å². The molecule has 5 nitrogen and oxygen atoms in total. The average molecular weight is 300 g/mol. The van der Waals surface area contributed by atoms with Crippen molar-refractivity contribution in [3.8, 4) is 0 Å². The van der Waals surface area contributed by atoms with Gasteiger partial charge < -0.3 is 14.1 Å². The van der Waals surface area contributed by atoms with Crippen LogP contribution in [0.15, 0.2) is 16.5 Å². The Balaban J connectivity index is 1.64. The molecule has 0 aromatic carbocycles. The molecule has 0 saturated carbocycles. The number of oxazole rings is 1. The van der Waals surface area contributed by atoms with Crippen LogP contribution in [0.3, 0.4) is 0 Å². The van der Waals surface area contributed by atoms with Crippen LogP contribution >= 0.6 is 0 Å². The van der Waals surface area contributed by atoms with Crippen molar-refractivity contribution in [2.75, 3.05) is 31.2 Å². The van der Waals surface area contributed by atoms with Crippen LogP contribution in [0.1, 0.15) is 30.0 Å². The van der Waals surface area contributed by atoms with Crippen molar-refractivity contribution in [3.05, 3.63) is 41.4 Å². The number of morpholine rings is 1. The summed E-state index contributed by atoms with van der Waals surface area (Å²) in [5.74, 6) is 1.78. The number of hydrogen-bond acceptors (Lipinski definition) is 5. The van der Waals surface area contributed by atoms with Gasteiger partial charge in [0.05, 0.1) is 25.1 Å². The summed E-state index contributed by atoms with van der Waals surface area (Å²) in [6.07, 6.45) is 5.48. The van der Waals surface area contributed by atoms with Crippen molar-refractivity contribution < 1.29 is 9.15 Å². The Labute approximate surface area is 131 Å². The normalized spacial score (nSPS) is 15.3. The second-order valence-corrected chi connectivity index (χ2v) is 5.51. The number of ether oxygens (including phenoxy) is 1. The molecule has 5 heteroatoms. The van der Waals surface area contributed by atoms with Gasteiger partial charge in [0.15, 0.2) is 5.89 Å². The minimum atomic E-state index is 0.772. The van der Waals surface area contributed by atoms with Gasteiger partial charge in [-0.15, -0.1) is 0 Å². The highest BCUT2D eigenvalue weighted by atomic mass is 16.5. The maximum absolute atomic E-state index is 5.76. The van der Waals surface area contributed by atoms with Crippen molar-refractivity contribution in [3.63, 3.8) is 0 Å². The molecule has 1 radical (unpaired) electrons. The van der Waals surface area contributed by atoms with Crippen LogP contribution in [0, 0.1) is 13.1 Å². The fraction of sp³-hybridized carbons (Fsp3) is 0.529. The van der Waals surface area contributed by atoms with Gasteiger partial charge in [0, 0.05) is 37.3 Å². The van der Waals surface area contributed by atoms with Crippen molar-refractivity contribution in [2.45, 2.75) is 33.1 Å². The summed E-state index contributed by atoms with van der Waals surface area (Å²) in [5, 5.41) is 0. The minimum Gasteiger partial charge on any atom is -0.445 e. The molecule has 3 rings (SSSR count). The van der Waals surface area contributed by atoms with E-state index in [1.807, 2.05) is 13.0 Å². The molecule has 0 amide bonds. The molecule has 0 spiro atoms. The van der Waals surface area contributed by atoms with Gasteiger partial charge in [0.1, 0.15) is 5.76 Å². The highest BCUT2D eigenvalue weighted by molar-refractivity contribution is 5.46. The topological polar surface area (TPSA) is 51.4 Å². The van der Waals surface area contributed by atoms with Crippen LogP contribution in [0.2, 0.25) is 0 Å². The van der Waals surface area contributed by atoms with Crippen molar-refractivity contribution in [1.29, 1.82) is 0 Å². The maximum atomic E-state index is 5.76. The zero-order valence-corrected chi connectivity index (χ0v) is 13.3. The molecule has 0 N–H and O–H groups in total. The monoisotopic (exact) mass is 300 g/mol. The lowest BCUT2D eigenvalue weighted by atomic mass is 10.2. The second-order valence-electron chi connectivity index (χ2n) is 5.51. The second kappa shape index (κ2) is 6.92. The summed E-state index contributed by atoms with van der Waals surface area (Å²) in [7, 11) is 0. The molecule has 117 valence electrons. The maximum Gasteiger partial charge on any atom is 0.195 e. The van der Waals surface area contributed by atoms with Crippen molar-refractivity contribution in [1.82, 2.24) is 9.97 Å². The van der Waals surface area contributed by atoms with E-state index in [-0.39, 0.29) is 0 Å². The van der Waals surface area contributed by atoms with Crippen molar-refractivity contribution >= 4 is 5.69 Å². The Morgan fingerprint density at radius 3 is 2.82 bits per heavy atom. The van der Waals surface area contributed by atoms with E-state index < -0.39 is 0 Å². The molecule has 0 unspecified atom stereocenters. The van der Waals surface area contributed by atoms with Crippen LogP contribution in [0.25, 0.3) is 0 Å². The van der Waals surface area contributed by atoms with Gasteiger partial charge in [-0.05, 0) is 25.5 Å². The molecule has 0 aliphatic carbocycles. The Kier molecular flexibility index (Phi) is 4.73. The number of pyridine rings is 1. The van der Waals surface area contributed by atoms with E-state index in [9.17, 15) is 0 Å². The molecular formula is C17H22N3O2. The third-order valence-electron chi connectivity index (χ3n) is 3.96. The van der Waals surface area contributed by atoms with E-state index in [0.717, 1.165) is 68.6 Å². The third kappa shape index (κ3) is 3.47. The lowest BCUT2D eigenvalue weighted by molar-refractivity contribution is 0.122. The summed E-state index contributed by atoms with van der Waals surface area (Å²) in [6, 6.07) is 4.08. The van der Waals surface area contributed by atoms with Crippen LogP contribution < -0.4 is 4.90 Å². The molecule has 1 fully saturated rings. The van der Waals surface area contributed by atoms with E-state index in [2.05, 4.69) is 34.1 Å². The summed E-state index contributed by atoms with van der Waals surface area (Å²) in [5.41, 5.74) is 3.20. The Morgan fingerprint density at radius 1 is 1.27 bits per heavy atom. The lowest BCUT2D eigenvalue weighted by Gasteiger charge is -2.28. The zero-order chi connectivity index (χ0) is 15.4. The molecule has 1 aliphatic heterocycles. The minimum absolute atomic E-state index is 0.772. The Morgan fingerprint density at radius 2 is 2.09 bits per heavy atom. The van der Waals surface area contributed by atoms with E-state index >= 15 is 0 Å². The van der Waals surface area contributed by atoms with E-state index in [1.54, 1.807) is 0 Å². The smallest absolute Gasteiger partial charge is 0.195 e. The quantitative estimate of drug-likeness (QED) is 0.848. The number of nitrogens with zero attached hydrogens (tertiary/aromatic N) is 3. The molecule has 2 aromatic heterocycles. The molecule has 1 aliphatic rings. The highest BCUT2D eigenvalue weighted by Crippen LogP contribution is 2.17. The first-order chi connectivity index (χ1) is 10.8. The first-order valence-corrected chi connectivity index (χ1v) is 7.91. The van der Waals surface area contributed by atoms with Gasteiger partial charge in [-0.1, -0.05) is 6.92 Å². The molecule has 3 heterocycles. The first kappa shape index (κ1) is 15.0. The molecule has 1 saturated heterocycles. The van der Waals surface area contributed by atoms with Gasteiger partial charge in [-0.3, -0.25) is 4.98 Å². The largest absolute Gasteiger partial charge is 0.445 e.